The fraction of sp³-hybridized carbons (Fsp3) is 0.625. The lowest BCUT2D eigenvalue weighted by atomic mass is 10.1. The molecule has 4 heteroatoms. The largest absolute Gasteiger partial charge is 0.486 e. The third-order valence-corrected chi connectivity index (χ3v) is 5.18. The van der Waals surface area contributed by atoms with E-state index < -0.39 is 0 Å². The van der Waals surface area contributed by atoms with Crippen LogP contribution in [0.15, 0.2) is 17.0 Å². The van der Waals surface area contributed by atoms with Gasteiger partial charge in [-0.05, 0) is 42.7 Å². The summed E-state index contributed by atoms with van der Waals surface area (Å²) < 4.78 is 11.4. The lowest BCUT2D eigenvalue weighted by molar-refractivity contribution is 0.171. The Morgan fingerprint density at radius 2 is 1.95 bits per heavy atom. The molecule has 1 aromatic carbocycles. The molecule has 3 rings (SSSR count). The van der Waals surface area contributed by atoms with Gasteiger partial charge >= 0.3 is 0 Å². The highest BCUT2D eigenvalue weighted by Gasteiger charge is 2.23. The summed E-state index contributed by atoms with van der Waals surface area (Å²) in [6.45, 7) is 4.57. The topological polar surface area (TPSA) is 30.5 Å². The van der Waals surface area contributed by atoms with Gasteiger partial charge in [0.25, 0.3) is 0 Å². The number of ether oxygens (including phenoxy) is 2. The minimum absolute atomic E-state index is 0.651. The average Bonchev–Trinajstić information content (AvgIpc) is 2.89. The van der Waals surface area contributed by atoms with Crippen molar-refractivity contribution in [2.24, 2.45) is 5.92 Å². The Morgan fingerprint density at radius 1 is 1.20 bits per heavy atom. The molecule has 1 saturated carbocycles. The van der Waals surface area contributed by atoms with Crippen molar-refractivity contribution in [2.75, 3.05) is 19.5 Å². The Morgan fingerprint density at radius 3 is 2.60 bits per heavy atom. The van der Waals surface area contributed by atoms with Crippen molar-refractivity contribution >= 4 is 11.8 Å². The maximum Gasteiger partial charge on any atom is 0.162 e. The van der Waals surface area contributed by atoms with Crippen LogP contribution in [-0.4, -0.2) is 25.5 Å². The minimum Gasteiger partial charge on any atom is -0.486 e. The predicted molar refractivity (Wildman–Crippen MR) is 82.9 cm³/mol. The highest BCUT2D eigenvalue weighted by molar-refractivity contribution is 7.98. The lowest BCUT2D eigenvalue weighted by Gasteiger charge is -2.22. The van der Waals surface area contributed by atoms with E-state index in [4.69, 9.17) is 9.47 Å². The van der Waals surface area contributed by atoms with Gasteiger partial charge in [-0.15, -0.1) is 11.8 Å². The zero-order chi connectivity index (χ0) is 13.9. The van der Waals surface area contributed by atoms with Crippen LogP contribution in [0.1, 0.15) is 31.7 Å². The number of hydrogen-bond donors (Lipinski definition) is 1. The fourth-order valence-corrected chi connectivity index (χ4v) is 3.75. The maximum atomic E-state index is 5.69. The summed E-state index contributed by atoms with van der Waals surface area (Å²) in [5.41, 5.74) is 1.32. The normalized spacial score (nSPS) is 24.9. The van der Waals surface area contributed by atoms with Gasteiger partial charge in [-0.25, -0.2) is 0 Å². The van der Waals surface area contributed by atoms with Crippen LogP contribution in [0.2, 0.25) is 0 Å². The van der Waals surface area contributed by atoms with Crippen molar-refractivity contribution in [2.45, 2.75) is 43.7 Å². The summed E-state index contributed by atoms with van der Waals surface area (Å²) in [5.74, 6) is 2.58. The summed E-state index contributed by atoms with van der Waals surface area (Å²) in [6, 6.07) is 4.93. The molecule has 2 aliphatic rings. The Hall–Kier alpha value is -0.870. The predicted octanol–water partition coefficient (Wildman–Crippen LogP) is 3.46. The zero-order valence-corrected chi connectivity index (χ0v) is 13.1. The van der Waals surface area contributed by atoms with E-state index in [-0.39, 0.29) is 0 Å². The third kappa shape index (κ3) is 2.91. The number of fused-ring (bicyclic) bond motifs is 1. The standard InChI is InChI=1S/C16H23NO2S/c1-11-4-3-5-13(11)17-10-12-8-14-15(9-16(12)20-2)19-7-6-18-14/h8-9,11,13,17H,3-7,10H2,1-2H3. The minimum atomic E-state index is 0.651. The molecule has 0 bridgehead atoms. The van der Waals surface area contributed by atoms with E-state index in [0.717, 1.165) is 24.0 Å². The van der Waals surface area contributed by atoms with Crippen molar-refractivity contribution in [3.05, 3.63) is 17.7 Å². The highest BCUT2D eigenvalue weighted by atomic mass is 32.2. The van der Waals surface area contributed by atoms with Gasteiger partial charge in [0.1, 0.15) is 13.2 Å². The molecule has 20 heavy (non-hydrogen) atoms. The Labute approximate surface area is 125 Å². The van der Waals surface area contributed by atoms with E-state index in [2.05, 4.69) is 30.6 Å². The first kappa shape index (κ1) is 14.1. The second-order valence-corrected chi connectivity index (χ2v) is 6.55. The summed E-state index contributed by atoms with van der Waals surface area (Å²) in [6.07, 6.45) is 6.14. The monoisotopic (exact) mass is 293 g/mol. The Kier molecular flexibility index (Phi) is 4.41. The summed E-state index contributed by atoms with van der Waals surface area (Å²) in [7, 11) is 0. The molecule has 0 saturated heterocycles. The molecule has 1 aromatic rings. The first-order valence-corrected chi connectivity index (χ1v) is 8.70. The molecule has 110 valence electrons. The van der Waals surface area contributed by atoms with Crippen LogP contribution < -0.4 is 14.8 Å². The van der Waals surface area contributed by atoms with Crippen molar-refractivity contribution in [1.82, 2.24) is 5.32 Å². The van der Waals surface area contributed by atoms with E-state index in [1.54, 1.807) is 11.8 Å². The van der Waals surface area contributed by atoms with Crippen molar-refractivity contribution in [3.63, 3.8) is 0 Å². The molecule has 0 aromatic heterocycles. The zero-order valence-electron chi connectivity index (χ0n) is 12.3. The molecular weight excluding hydrogens is 270 g/mol. The van der Waals surface area contributed by atoms with Crippen LogP contribution in [-0.2, 0) is 6.54 Å². The van der Waals surface area contributed by atoms with E-state index in [1.165, 1.54) is 29.7 Å². The Bertz CT molecular complexity index is 478. The van der Waals surface area contributed by atoms with Crippen molar-refractivity contribution in [3.8, 4) is 11.5 Å². The molecule has 0 spiro atoms. The van der Waals surface area contributed by atoms with E-state index in [9.17, 15) is 0 Å². The molecule has 1 aliphatic carbocycles. The second kappa shape index (κ2) is 6.27. The van der Waals surface area contributed by atoms with Crippen LogP contribution >= 0.6 is 11.8 Å². The fourth-order valence-electron chi connectivity index (χ4n) is 3.13. The van der Waals surface area contributed by atoms with Gasteiger partial charge < -0.3 is 14.8 Å². The second-order valence-electron chi connectivity index (χ2n) is 5.70. The van der Waals surface area contributed by atoms with Crippen LogP contribution in [0, 0.1) is 5.92 Å². The van der Waals surface area contributed by atoms with E-state index in [1.807, 2.05) is 0 Å². The molecule has 1 fully saturated rings. The van der Waals surface area contributed by atoms with Gasteiger partial charge in [0.05, 0.1) is 0 Å². The molecular formula is C16H23NO2S. The van der Waals surface area contributed by atoms with E-state index in [0.29, 0.717) is 19.3 Å². The van der Waals surface area contributed by atoms with Gasteiger partial charge in [0.15, 0.2) is 11.5 Å². The molecule has 2 unspecified atom stereocenters. The number of benzene rings is 1. The number of nitrogens with one attached hydrogen (secondary N) is 1. The molecule has 2 atom stereocenters. The summed E-state index contributed by atoms with van der Waals surface area (Å²) in [4.78, 5) is 1.28. The van der Waals surface area contributed by atoms with Crippen LogP contribution in [0.3, 0.4) is 0 Å². The van der Waals surface area contributed by atoms with Gasteiger partial charge in [0.2, 0.25) is 0 Å². The van der Waals surface area contributed by atoms with E-state index >= 15 is 0 Å². The number of rotatable bonds is 4. The summed E-state index contributed by atoms with van der Waals surface area (Å²) >= 11 is 1.78. The highest BCUT2D eigenvalue weighted by Crippen LogP contribution is 2.36. The molecule has 0 radical (unpaired) electrons. The van der Waals surface area contributed by atoms with Gasteiger partial charge in [-0.2, -0.15) is 0 Å². The quantitative estimate of drug-likeness (QED) is 0.861. The molecule has 1 heterocycles. The maximum absolute atomic E-state index is 5.69. The first-order chi connectivity index (χ1) is 9.78. The van der Waals surface area contributed by atoms with Crippen LogP contribution in [0.5, 0.6) is 11.5 Å². The first-order valence-electron chi connectivity index (χ1n) is 7.48. The average molecular weight is 293 g/mol. The van der Waals surface area contributed by atoms with Crippen LogP contribution in [0.4, 0.5) is 0 Å². The molecule has 3 nitrogen and oxygen atoms in total. The summed E-state index contributed by atoms with van der Waals surface area (Å²) in [5, 5.41) is 3.72. The SMILES string of the molecule is CSc1cc2c(cc1CNC1CCCC1C)OCCO2. The molecule has 0 amide bonds. The van der Waals surface area contributed by atoms with Crippen molar-refractivity contribution in [1.29, 1.82) is 0 Å². The van der Waals surface area contributed by atoms with Crippen molar-refractivity contribution < 1.29 is 9.47 Å². The number of hydrogen-bond acceptors (Lipinski definition) is 4. The Balaban J connectivity index is 1.74. The van der Waals surface area contributed by atoms with Gasteiger partial charge in [0, 0.05) is 17.5 Å². The number of thioether (sulfide) groups is 1. The van der Waals surface area contributed by atoms with Gasteiger partial charge in [-0.1, -0.05) is 13.3 Å². The third-order valence-electron chi connectivity index (χ3n) is 4.36. The molecule has 1 N–H and O–H groups in total. The van der Waals surface area contributed by atoms with Gasteiger partial charge in [-0.3, -0.25) is 0 Å². The van der Waals surface area contributed by atoms with Crippen LogP contribution in [0.25, 0.3) is 0 Å². The smallest absolute Gasteiger partial charge is 0.162 e. The molecule has 1 aliphatic heterocycles. The lowest BCUT2D eigenvalue weighted by Crippen LogP contribution is -2.30.